The molecule has 2 aromatic rings. The smallest absolute Gasteiger partial charge is 0.344 e. The number of carbonyl (C=O) groups excluding carboxylic acids is 1. The van der Waals surface area contributed by atoms with Gasteiger partial charge in [0.05, 0.1) is 11.5 Å². The number of nitrogens with zero attached hydrogens (tertiary/aromatic N) is 2. The number of esters is 1. The van der Waals surface area contributed by atoms with Crippen LogP contribution in [0.25, 0.3) is 12.2 Å². The van der Waals surface area contributed by atoms with Gasteiger partial charge in [0.15, 0.2) is 12.3 Å². The second-order valence-corrected chi connectivity index (χ2v) is 5.76. The van der Waals surface area contributed by atoms with Crippen LogP contribution in [0.2, 0.25) is 0 Å². The highest BCUT2D eigenvalue weighted by Gasteiger charge is 2.22. The van der Waals surface area contributed by atoms with Crippen molar-refractivity contribution in [3.8, 4) is 5.75 Å². The molecule has 0 aliphatic heterocycles. The molecule has 2 rings (SSSR count). The van der Waals surface area contributed by atoms with Crippen LogP contribution in [0.1, 0.15) is 23.9 Å². The largest absolute Gasteiger partial charge is 0.481 e. The number of nitro groups is 1. The molecule has 25 heavy (non-hydrogen) atoms. The van der Waals surface area contributed by atoms with Crippen molar-refractivity contribution in [2.45, 2.75) is 13.8 Å². The number of hydrogen-bond donors (Lipinski definition) is 0. The second kappa shape index (κ2) is 8.43. The average Bonchev–Trinajstić information content (AvgIpc) is 2.93. The molecular formula is C16H15BrN2O6. The summed E-state index contributed by atoms with van der Waals surface area (Å²) < 4.78 is 16.0. The number of halogens is 1. The lowest BCUT2D eigenvalue weighted by atomic mass is 10.1. The third-order valence-corrected chi connectivity index (χ3v) is 3.57. The van der Waals surface area contributed by atoms with Gasteiger partial charge in [-0.1, -0.05) is 21.1 Å². The average molecular weight is 411 g/mol. The summed E-state index contributed by atoms with van der Waals surface area (Å²) in [4.78, 5) is 21.9. The van der Waals surface area contributed by atoms with Crippen molar-refractivity contribution in [1.29, 1.82) is 0 Å². The molecule has 132 valence electrons. The number of ether oxygens (including phenoxy) is 2. The zero-order valence-electron chi connectivity index (χ0n) is 13.5. The zero-order chi connectivity index (χ0) is 18.4. The van der Waals surface area contributed by atoms with E-state index in [0.29, 0.717) is 11.3 Å². The van der Waals surface area contributed by atoms with E-state index in [1.807, 2.05) is 0 Å². The number of rotatable bonds is 7. The van der Waals surface area contributed by atoms with Gasteiger partial charge in [-0.2, -0.15) is 0 Å². The highest BCUT2D eigenvalue weighted by atomic mass is 79.9. The fourth-order valence-electron chi connectivity index (χ4n) is 2.00. The van der Waals surface area contributed by atoms with E-state index in [1.165, 1.54) is 13.0 Å². The monoisotopic (exact) mass is 410 g/mol. The van der Waals surface area contributed by atoms with Gasteiger partial charge in [-0.3, -0.25) is 10.1 Å². The van der Waals surface area contributed by atoms with E-state index >= 15 is 0 Å². The van der Waals surface area contributed by atoms with Gasteiger partial charge in [0.25, 0.3) is 0 Å². The van der Waals surface area contributed by atoms with Crippen LogP contribution in [-0.2, 0) is 9.53 Å². The molecule has 1 aromatic heterocycles. The molecule has 0 radical (unpaired) electrons. The molecule has 0 saturated heterocycles. The Bertz CT molecular complexity index is 815. The molecule has 0 unspecified atom stereocenters. The summed E-state index contributed by atoms with van der Waals surface area (Å²) >= 11 is 3.34. The van der Waals surface area contributed by atoms with Gasteiger partial charge >= 0.3 is 11.7 Å². The van der Waals surface area contributed by atoms with Crippen LogP contribution in [-0.4, -0.2) is 29.3 Å². The lowest BCUT2D eigenvalue weighted by molar-refractivity contribution is -0.386. The molecular weight excluding hydrogens is 396 g/mol. The molecule has 9 heteroatoms. The minimum Gasteiger partial charge on any atom is -0.481 e. The highest BCUT2D eigenvalue weighted by Crippen LogP contribution is 2.28. The summed E-state index contributed by atoms with van der Waals surface area (Å²) in [6.45, 7) is 3.23. The predicted molar refractivity (Wildman–Crippen MR) is 93.1 cm³/mol. The van der Waals surface area contributed by atoms with E-state index in [1.54, 1.807) is 31.2 Å². The number of hydrogen-bond acceptors (Lipinski definition) is 7. The Balaban J connectivity index is 2.25. The normalized spacial score (nSPS) is 10.8. The first-order valence-electron chi connectivity index (χ1n) is 7.29. The fourth-order valence-corrected chi connectivity index (χ4v) is 2.38. The molecule has 0 saturated carbocycles. The molecule has 0 fully saturated rings. The Labute approximate surface area is 151 Å². The molecule has 0 amide bonds. The van der Waals surface area contributed by atoms with Crippen molar-refractivity contribution in [3.05, 3.63) is 49.8 Å². The van der Waals surface area contributed by atoms with Gasteiger partial charge in [0.2, 0.25) is 5.76 Å². The van der Waals surface area contributed by atoms with E-state index in [4.69, 9.17) is 14.0 Å². The van der Waals surface area contributed by atoms with Gasteiger partial charge in [0, 0.05) is 10.0 Å². The quantitative estimate of drug-likeness (QED) is 0.388. The van der Waals surface area contributed by atoms with Gasteiger partial charge in [-0.25, -0.2) is 4.79 Å². The third kappa shape index (κ3) is 4.90. The van der Waals surface area contributed by atoms with Crippen molar-refractivity contribution in [2.24, 2.45) is 0 Å². The van der Waals surface area contributed by atoms with Crippen molar-refractivity contribution < 1.29 is 23.7 Å². The number of aryl methyl sites for hydroxylation is 1. The number of benzene rings is 1. The van der Waals surface area contributed by atoms with Crippen LogP contribution in [0.3, 0.4) is 0 Å². The minimum atomic E-state index is -0.551. The molecule has 1 heterocycles. The maximum Gasteiger partial charge on any atom is 0.344 e. The predicted octanol–water partition coefficient (Wildman–Crippen LogP) is 3.77. The van der Waals surface area contributed by atoms with Crippen LogP contribution in [0.15, 0.2) is 27.2 Å². The van der Waals surface area contributed by atoms with Crippen LogP contribution in [0.4, 0.5) is 5.69 Å². The van der Waals surface area contributed by atoms with Crippen molar-refractivity contribution in [2.75, 3.05) is 13.2 Å². The van der Waals surface area contributed by atoms with Crippen molar-refractivity contribution >= 4 is 39.7 Å². The van der Waals surface area contributed by atoms with Crippen LogP contribution >= 0.6 is 15.9 Å². The molecule has 0 aliphatic carbocycles. The summed E-state index contributed by atoms with van der Waals surface area (Å²) in [7, 11) is 0. The van der Waals surface area contributed by atoms with E-state index in [2.05, 4.69) is 21.1 Å². The second-order valence-electron chi connectivity index (χ2n) is 4.85. The summed E-state index contributed by atoms with van der Waals surface area (Å²) in [5.74, 6) is -0.0351. The first-order chi connectivity index (χ1) is 11.9. The van der Waals surface area contributed by atoms with Crippen LogP contribution in [0.5, 0.6) is 5.75 Å². The van der Waals surface area contributed by atoms with Crippen molar-refractivity contribution in [3.63, 3.8) is 0 Å². The van der Waals surface area contributed by atoms with Gasteiger partial charge in [-0.15, -0.1) is 0 Å². The summed E-state index contributed by atoms with van der Waals surface area (Å²) in [5.41, 5.74) is 0.597. The maximum atomic E-state index is 11.4. The zero-order valence-corrected chi connectivity index (χ0v) is 15.1. The maximum absolute atomic E-state index is 11.4. The minimum absolute atomic E-state index is 0.0267. The van der Waals surface area contributed by atoms with Gasteiger partial charge in [-0.05, 0) is 44.2 Å². The van der Waals surface area contributed by atoms with E-state index in [0.717, 1.165) is 4.47 Å². The lowest BCUT2D eigenvalue weighted by Crippen LogP contribution is -2.14. The van der Waals surface area contributed by atoms with E-state index in [-0.39, 0.29) is 30.4 Å². The lowest BCUT2D eigenvalue weighted by Gasteiger charge is -2.09. The summed E-state index contributed by atoms with van der Waals surface area (Å²) in [6.07, 6.45) is 3.01. The van der Waals surface area contributed by atoms with E-state index in [9.17, 15) is 14.9 Å². The fraction of sp³-hybridized carbons (Fsp3) is 0.250. The molecule has 0 spiro atoms. The Morgan fingerprint density at radius 3 is 2.88 bits per heavy atom. The molecule has 0 N–H and O–H groups in total. The molecule has 8 nitrogen and oxygen atoms in total. The summed E-state index contributed by atoms with van der Waals surface area (Å²) in [6, 6.07) is 5.16. The Hall–Kier alpha value is -2.68. The first-order valence-corrected chi connectivity index (χ1v) is 8.08. The van der Waals surface area contributed by atoms with Crippen LogP contribution in [0, 0.1) is 17.0 Å². The van der Waals surface area contributed by atoms with Crippen LogP contribution < -0.4 is 4.74 Å². The third-order valence-electron chi connectivity index (χ3n) is 3.08. The number of carbonyl (C=O) groups is 1. The van der Waals surface area contributed by atoms with Gasteiger partial charge in [0.1, 0.15) is 5.75 Å². The Morgan fingerprint density at radius 2 is 2.20 bits per heavy atom. The standard InChI is InChI=1S/C16H15BrN2O6/c1-3-23-15(20)9-24-13-7-5-12(17)8-11(13)4-6-14-16(19(21)22)10(2)18-25-14/h4-8H,3,9H2,1-2H3/b6-4-. The summed E-state index contributed by atoms with van der Waals surface area (Å²) in [5, 5.41) is 14.7. The van der Waals surface area contributed by atoms with Crippen molar-refractivity contribution in [1.82, 2.24) is 5.16 Å². The Morgan fingerprint density at radius 1 is 1.44 bits per heavy atom. The molecule has 0 atom stereocenters. The highest BCUT2D eigenvalue weighted by molar-refractivity contribution is 9.10. The Kier molecular flexibility index (Phi) is 6.29. The number of aromatic nitrogens is 1. The van der Waals surface area contributed by atoms with Gasteiger partial charge < -0.3 is 14.0 Å². The molecule has 0 bridgehead atoms. The van der Waals surface area contributed by atoms with E-state index < -0.39 is 10.9 Å². The molecule has 1 aromatic carbocycles. The first kappa shape index (κ1) is 18.7. The molecule has 0 aliphatic rings. The SMILES string of the molecule is CCOC(=O)COc1ccc(Br)cc1/C=C\c1onc(C)c1[N+](=O)[O-]. The topological polar surface area (TPSA) is 105 Å².